The second-order valence-corrected chi connectivity index (χ2v) is 35.6. The fraction of sp³-hybridized carbons (Fsp3) is 0.854. The van der Waals surface area contributed by atoms with Gasteiger partial charge in [0.05, 0.1) is 187 Å². The minimum atomic E-state index is -1.17. The number of azide groups is 4. The molecule has 0 amide bonds. The smallest absolute Gasteiger partial charge is 0.173 e. The molecule has 0 bridgehead atoms. The lowest BCUT2D eigenvalue weighted by Gasteiger charge is -2.47. The Labute approximate surface area is 777 Å². The predicted octanol–water partition coefficient (Wildman–Crippen LogP) is -6.61. The van der Waals surface area contributed by atoms with Gasteiger partial charge in [0.1, 0.15) is 48.8 Å². The van der Waals surface area contributed by atoms with Gasteiger partial charge in [0.15, 0.2) is 25.2 Å². The maximum absolute atomic E-state index is 10.9. The van der Waals surface area contributed by atoms with Gasteiger partial charge in [-0.05, 0) is 136 Å². The van der Waals surface area contributed by atoms with Gasteiger partial charge in [-0.3, -0.25) is 0 Å². The van der Waals surface area contributed by atoms with E-state index in [0.717, 1.165) is 43.4 Å². The summed E-state index contributed by atoms with van der Waals surface area (Å²) in [5, 5.41) is 119. The third-order valence-electron chi connectivity index (χ3n) is 25.0. The maximum Gasteiger partial charge on any atom is 0.173 e. The molecular weight excluding hydrogens is 1760 g/mol. The molecule has 4 aliphatic carbocycles. The molecule has 38 N–H and O–H groups in total. The first-order valence-corrected chi connectivity index (χ1v) is 46.2. The molecule has 5 heterocycles. The van der Waals surface area contributed by atoms with Crippen molar-refractivity contribution in [1.82, 2.24) is 16.0 Å². The van der Waals surface area contributed by atoms with Gasteiger partial charge in [-0.2, -0.15) is 0 Å². The van der Waals surface area contributed by atoms with Crippen LogP contribution in [-0.4, -0.2) is 395 Å². The highest BCUT2D eigenvalue weighted by molar-refractivity contribution is 5.16. The van der Waals surface area contributed by atoms with E-state index in [1.54, 1.807) is 0 Å². The lowest BCUT2D eigenvalue weighted by atomic mass is 9.84. The predicted molar refractivity (Wildman–Crippen MR) is 482 cm³/mol. The van der Waals surface area contributed by atoms with Crippen molar-refractivity contribution >= 4 is 0 Å². The van der Waals surface area contributed by atoms with E-state index in [0.29, 0.717) is 39.2 Å². The Hall–Kier alpha value is -5.92. The van der Waals surface area contributed by atoms with Crippen molar-refractivity contribution in [3.63, 3.8) is 0 Å². The molecule has 5 aliphatic heterocycles. The number of nitrogens with two attached hydrogens (primary N) is 13. The van der Waals surface area contributed by atoms with Gasteiger partial charge in [0, 0.05) is 95.2 Å². The van der Waals surface area contributed by atoms with E-state index in [-0.39, 0.29) is 130 Å². The molecule has 0 spiro atoms. The van der Waals surface area contributed by atoms with E-state index >= 15 is 0 Å². The number of benzene rings is 2. The van der Waals surface area contributed by atoms with Gasteiger partial charge >= 0.3 is 0 Å². The van der Waals surface area contributed by atoms with Crippen LogP contribution in [0, 0.1) is 0 Å². The van der Waals surface area contributed by atoms with E-state index < -0.39 is 238 Å². The highest BCUT2D eigenvalue weighted by Crippen LogP contribution is 2.39. The van der Waals surface area contributed by atoms with Crippen LogP contribution in [0.2, 0.25) is 0 Å². The molecule has 52 nitrogen and oxygen atoms in total. The van der Waals surface area contributed by atoms with E-state index in [4.69, 9.17) is 151 Å². The number of aliphatic hydroxyl groups is 9. The van der Waals surface area contributed by atoms with Crippen molar-refractivity contribution in [2.45, 2.75) is 334 Å². The molecule has 4 unspecified atom stereocenters. The molecule has 5 saturated heterocycles. The fourth-order valence-corrected chi connectivity index (χ4v) is 17.4. The summed E-state index contributed by atoms with van der Waals surface area (Å²) >= 11 is 0. The van der Waals surface area contributed by atoms with E-state index in [1.165, 1.54) is 0 Å². The Bertz CT molecular complexity index is 3750. The molecule has 2 aromatic rings. The molecule has 40 atom stereocenters. The molecule has 134 heavy (non-hydrogen) atoms. The molecule has 4 saturated carbocycles. The average Bonchev–Trinajstić information content (AvgIpc) is 0.818. The van der Waals surface area contributed by atoms with Gasteiger partial charge in [0.25, 0.3) is 0 Å². The van der Waals surface area contributed by atoms with Crippen LogP contribution in [0.1, 0.15) is 88.2 Å². The van der Waals surface area contributed by atoms with Gasteiger partial charge in [0.2, 0.25) is 0 Å². The fourth-order valence-electron chi connectivity index (χ4n) is 17.4. The largest absolute Gasteiger partial charge is 0.390 e. The third kappa shape index (κ3) is 34.2. The number of hydrogen-bond donors (Lipinski definition) is 25. The summed E-state index contributed by atoms with van der Waals surface area (Å²) in [6.45, 7) is 4.41. The molecule has 11 rings (SSSR count). The van der Waals surface area contributed by atoms with Crippen LogP contribution < -0.4 is 90.5 Å². The van der Waals surface area contributed by atoms with Gasteiger partial charge in [-0.15, -0.1) is 0 Å². The molecule has 760 valence electrons. The third-order valence-corrected chi connectivity index (χ3v) is 25.0. The number of nitrogens with one attached hydrogen (secondary N) is 3. The molecule has 2 aromatic carbocycles. The monoisotopic (exact) mass is 1910 g/mol. The van der Waals surface area contributed by atoms with E-state index in [9.17, 15) is 62.6 Å². The van der Waals surface area contributed by atoms with Gasteiger partial charge < -0.3 is 207 Å². The van der Waals surface area contributed by atoms with Crippen LogP contribution >= 0.6 is 0 Å². The molecular formula is C82H148N28O24. The van der Waals surface area contributed by atoms with Crippen LogP contribution in [0.15, 0.2) is 81.1 Å². The van der Waals surface area contributed by atoms with Crippen molar-refractivity contribution in [2.24, 2.45) is 95.0 Å². The zero-order valence-corrected chi connectivity index (χ0v) is 75.6. The minimum Gasteiger partial charge on any atom is -0.390 e. The standard InChI is InChI=1S/C34H72N10O12.C29H34N12O6.C19H42N6O6/c35-9-25-23(47)7-21(41)33(53-25)55-29-19(39)5-17(37)27(49)31(29)51-13-15(45)11-43-3-1-2-4-44-12-16(46)14-52-32-28(50)18(38)6-20(40)30(32)56-34-22(42)8-24(48)26(10-36)54-34;30-38-34-13-25-24(43-14-18-7-3-1-4-8-18)12-23(37-41-33)29(46-25)47-27-22(36-40-32)11-21(35-39-31)26(45-17-20-16-42-20)28(27)44-15-19-9-5-2-6-10-19;20-3-1-2-4-25-8-10(26)9-29-18-16(28)11(22)5-12(23)17(18)31-19-13(24)6-14(27)15(7-21)30-19/h15-34,43-50H,1-14,35-42H2;1-10,20-29H,11-17H2;10-19,25-28H,1-9,20-24H2/t15?,16?,17-,18-,19+,20+,21-,22-,23+,24+,25-,26-,27+,28+,29-,30-,31-,32-,33-,34-;20?,21-,22+,23-,24+,25-,26+,27-,28-,29-;10?,11-,12+,13-,14+,15-,16+,17-,18-,19-/m111/s1. The lowest BCUT2D eigenvalue weighted by Crippen LogP contribution is -2.65. The summed E-state index contributed by atoms with van der Waals surface area (Å²) in [7, 11) is 0. The first kappa shape index (κ1) is 112. The normalized spacial score (nSPS) is 38.4. The Morgan fingerprint density at radius 3 is 1.12 bits per heavy atom. The van der Waals surface area contributed by atoms with Crippen LogP contribution in [0.5, 0.6) is 0 Å². The molecule has 0 aromatic heterocycles. The maximum atomic E-state index is 10.9. The highest BCUT2D eigenvalue weighted by atomic mass is 16.7. The van der Waals surface area contributed by atoms with Crippen molar-refractivity contribution in [1.29, 1.82) is 0 Å². The second kappa shape index (κ2) is 58.3. The number of hydrogen-bond acceptors (Lipinski definition) is 44. The summed E-state index contributed by atoms with van der Waals surface area (Å²) in [5.41, 5.74) is 117. The number of unbranched alkanes of at least 4 members (excludes halogenated alkanes) is 2. The van der Waals surface area contributed by atoms with Crippen molar-refractivity contribution in [2.75, 3.05) is 105 Å². The Kier molecular flexibility index (Phi) is 48.6. The molecule has 0 radical (unpaired) electrons. The number of aliphatic hydroxyl groups excluding tert-OH is 9. The summed E-state index contributed by atoms with van der Waals surface area (Å²) in [6.07, 6.45) is -18.4. The second-order valence-electron chi connectivity index (χ2n) is 35.6. The zero-order valence-electron chi connectivity index (χ0n) is 75.6. The van der Waals surface area contributed by atoms with Crippen LogP contribution in [0.4, 0.5) is 0 Å². The van der Waals surface area contributed by atoms with Crippen molar-refractivity contribution < 1.29 is 117 Å². The van der Waals surface area contributed by atoms with Gasteiger partial charge in [-0.25, -0.2) is 0 Å². The highest BCUT2D eigenvalue weighted by Gasteiger charge is 2.54. The van der Waals surface area contributed by atoms with Crippen molar-refractivity contribution in [3.05, 3.63) is 114 Å². The Morgan fingerprint density at radius 2 is 0.746 bits per heavy atom. The zero-order chi connectivity index (χ0) is 96.9. The number of epoxide rings is 1. The summed E-state index contributed by atoms with van der Waals surface area (Å²) < 4.78 is 90.2. The van der Waals surface area contributed by atoms with Crippen LogP contribution in [0.25, 0.3) is 41.8 Å². The first-order valence-electron chi connectivity index (χ1n) is 46.2. The van der Waals surface area contributed by atoms with E-state index in [2.05, 4.69) is 56.1 Å². The quantitative estimate of drug-likeness (QED) is 0.00963. The minimum absolute atomic E-state index is 0.0351. The average molecular weight is 1910 g/mol. The number of nitrogens with zero attached hydrogens (tertiary/aromatic N) is 12. The summed E-state index contributed by atoms with van der Waals surface area (Å²) in [6, 6.07) is 10.8. The Morgan fingerprint density at radius 1 is 0.381 bits per heavy atom. The molecule has 9 fully saturated rings. The van der Waals surface area contributed by atoms with Crippen LogP contribution in [0.3, 0.4) is 0 Å². The van der Waals surface area contributed by atoms with Crippen LogP contribution in [-0.2, 0) is 84.3 Å². The molecule has 9 aliphatic rings. The lowest BCUT2D eigenvalue weighted by molar-refractivity contribution is -0.280. The van der Waals surface area contributed by atoms with E-state index in [1.807, 2.05) is 60.7 Å². The van der Waals surface area contributed by atoms with Gasteiger partial charge in [-0.1, -0.05) is 81.1 Å². The van der Waals surface area contributed by atoms with Crippen molar-refractivity contribution in [3.8, 4) is 0 Å². The Balaban J connectivity index is 0.000000235. The topological polar surface area (TPSA) is 893 Å². The SMILES string of the molecule is NCCCCNCC(O)CO[C@@H]1[C@@H](O)[C@H](N)C[C@H](N)[C@H]1O[C@H]1O[C@H](CN)[C@@H](O)C[C@H]1N.NC[C@H]1O[C@H](O[C@H]2[C@H](OCC(O)CNCCCCNCC(O)CO[C@@H]3[C@@H](O)[C@H](N)C[C@H](N)[C@H]3O[C@H]3O[C@H](CN)[C@@H](O)C[C@H]3N)[C@@H](O)[C@H](N)C[C@@H]2N)[C@H](N)C[C@@H]1O.[N-]=[N+]=NC[C@H]1O[C@H](O[C@H]2[C@H](OCc3ccccc3)[C@@H](OCC3CO3)[C@H](N=[N+]=[N-])C[C@@H]2N=[N+]=[N-])[C@H](N=[N+]=[N-])C[C@@H]1OCc1ccccc1. The number of ether oxygens (including phenoxy) is 15. The number of rotatable bonds is 49. The summed E-state index contributed by atoms with van der Waals surface area (Å²) in [4.78, 5) is 11.9. The first-order chi connectivity index (χ1) is 64.5. The molecule has 52 heteroatoms. The summed E-state index contributed by atoms with van der Waals surface area (Å²) in [5.74, 6) is 0.